The lowest BCUT2D eigenvalue weighted by molar-refractivity contribution is -0.0499. The monoisotopic (exact) mass is 364 g/mol. The maximum Gasteiger partial charge on any atom is 0.182 e. The van der Waals surface area contributed by atoms with Gasteiger partial charge in [0.05, 0.1) is 29.3 Å². The van der Waals surface area contributed by atoms with Gasteiger partial charge in [0.2, 0.25) is 0 Å². The van der Waals surface area contributed by atoms with Crippen molar-refractivity contribution in [2.75, 3.05) is 0 Å². The van der Waals surface area contributed by atoms with Gasteiger partial charge in [-0.3, -0.25) is 0 Å². The Bertz CT molecular complexity index is 1170. The molecule has 0 unspecified atom stereocenters. The average Bonchev–Trinajstić information content (AvgIpc) is 3.25. The third-order valence-corrected chi connectivity index (χ3v) is 5.52. The lowest BCUT2D eigenvalue weighted by Crippen LogP contribution is -2.41. The molecule has 3 heterocycles. The zero-order valence-corrected chi connectivity index (χ0v) is 15.2. The van der Waals surface area contributed by atoms with Crippen molar-refractivity contribution in [3.05, 3.63) is 36.4 Å². The van der Waals surface area contributed by atoms with E-state index in [0.29, 0.717) is 40.7 Å². The SMILES string of the molecule is CCc1cc2occc2c(O)c1-c1cc2ncn(C3CC(C)(O)C3)c2nn1. The van der Waals surface area contributed by atoms with E-state index in [1.807, 2.05) is 30.5 Å². The van der Waals surface area contributed by atoms with Crippen molar-refractivity contribution in [1.29, 1.82) is 0 Å². The molecule has 0 bridgehead atoms. The summed E-state index contributed by atoms with van der Waals surface area (Å²) in [6.45, 7) is 3.86. The molecule has 4 aromatic rings. The summed E-state index contributed by atoms with van der Waals surface area (Å²) in [6.07, 6.45) is 5.41. The van der Waals surface area contributed by atoms with Crippen LogP contribution in [0.15, 0.2) is 35.2 Å². The molecule has 0 atom stereocenters. The van der Waals surface area contributed by atoms with Gasteiger partial charge < -0.3 is 19.2 Å². The number of hydrogen-bond acceptors (Lipinski definition) is 6. The van der Waals surface area contributed by atoms with Crippen LogP contribution < -0.4 is 0 Å². The number of aryl methyl sites for hydroxylation is 1. The Balaban J connectivity index is 1.62. The molecule has 27 heavy (non-hydrogen) atoms. The molecule has 1 aromatic carbocycles. The summed E-state index contributed by atoms with van der Waals surface area (Å²) < 4.78 is 7.41. The Morgan fingerprint density at radius 3 is 2.85 bits per heavy atom. The van der Waals surface area contributed by atoms with E-state index in [1.54, 1.807) is 18.7 Å². The number of aromatic hydroxyl groups is 1. The van der Waals surface area contributed by atoms with Crippen LogP contribution in [0, 0.1) is 0 Å². The van der Waals surface area contributed by atoms with Crippen molar-refractivity contribution in [3.63, 3.8) is 0 Å². The maximum atomic E-state index is 10.8. The van der Waals surface area contributed by atoms with E-state index in [1.165, 1.54) is 0 Å². The van der Waals surface area contributed by atoms with Crippen molar-refractivity contribution < 1.29 is 14.6 Å². The number of furan rings is 1. The van der Waals surface area contributed by atoms with Gasteiger partial charge in [-0.25, -0.2) is 4.98 Å². The first-order valence-corrected chi connectivity index (χ1v) is 9.12. The van der Waals surface area contributed by atoms with Gasteiger partial charge in [0, 0.05) is 11.6 Å². The number of imidazole rings is 1. The van der Waals surface area contributed by atoms with Crippen LogP contribution >= 0.6 is 0 Å². The summed E-state index contributed by atoms with van der Waals surface area (Å²) in [5, 5.41) is 30.2. The fraction of sp³-hybridized carbons (Fsp3) is 0.350. The minimum atomic E-state index is -0.615. The van der Waals surface area contributed by atoms with Gasteiger partial charge in [-0.05, 0) is 49.9 Å². The predicted molar refractivity (Wildman–Crippen MR) is 100 cm³/mol. The Morgan fingerprint density at radius 2 is 2.11 bits per heavy atom. The second-order valence-electron chi connectivity index (χ2n) is 7.59. The molecule has 5 rings (SSSR count). The number of aromatic nitrogens is 4. The molecule has 2 N–H and O–H groups in total. The molecule has 0 aliphatic heterocycles. The molecule has 0 amide bonds. The van der Waals surface area contributed by atoms with Crippen LogP contribution in [-0.2, 0) is 6.42 Å². The second-order valence-corrected chi connectivity index (χ2v) is 7.59. The number of phenols is 1. The molecular formula is C20H20N4O3. The van der Waals surface area contributed by atoms with Crippen molar-refractivity contribution >= 4 is 22.1 Å². The number of fused-ring (bicyclic) bond motifs is 2. The summed E-state index contributed by atoms with van der Waals surface area (Å²) in [5.74, 6) is 0.154. The van der Waals surface area contributed by atoms with E-state index in [9.17, 15) is 10.2 Å². The third-order valence-electron chi connectivity index (χ3n) is 5.52. The smallest absolute Gasteiger partial charge is 0.182 e. The third kappa shape index (κ3) is 2.42. The van der Waals surface area contributed by atoms with Gasteiger partial charge in [-0.1, -0.05) is 6.92 Å². The first kappa shape index (κ1) is 16.3. The standard InChI is InChI=1S/C20H20N4O3/c1-3-11-6-16-13(4-5-27-16)18(25)17(11)14-7-15-19(23-22-14)24(10-21-15)12-8-20(2,26)9-12/h4-7,10,12,25-26H,3,8-9H2,1-2H3. The quantitative estimate of drug-likeness (QED) is 0.576. The van der Waals surface area contributed by atoms with Crippen LogP contribution in [0.25, 0.3) is 33.4 Å². The van der Waals surface area contributed by atoms with E-state index in [4.69, 9.17) is 4.42 Å². The van der Waals surface area contributed by atoms with Crippen LogP contribution in [0.2, 0.25) is 0 Å². The Hall–Kier alpha value is -2.93. The number of phenolic OH excluding ortho intramolecular Hbond substituents is 1. The fourth-order valence-corrected chi connectivity index (χ4v) is 4.09. The fourth-order valence-electron chi connectivity index (χ4n) is 4.09. The van der Waals surface area contributed by atoms with Crippen LogP contribution in [0.1, 0.15) is 38.3 Å². The van der Waals surface area contributed by atoms with Crippen LogP contribution in [0.4, 0.5) is 0 Å². The summed E-state index contributed by atoms with van der Waals surface area (Å²) in [4.78, 5) is 4.47. The van der Waals surface area contributed by atoms with E-state index in [2.05, 4.69) is 15.2 Å². The summed E-state index contributed by atoms with van der Waals surface area (Å²) >= 11 is 0. The van der Waals surface area contributed by atoms with Gasteiger partial charge in [-0.2, -0.15) is 0 Å². The molecular weight excluding hydrogens is 344 g/mol. The van der Waals surface area contributed by atoms with Crippen molar-refractivity contribution in [3.8, 4) is 17.0 Å². The summed E-state index contributed by atoms with van der Waals surface area (Å²) in [5.41, 5.74) is 3.66. The molecule has 1 aliphatic rings. The molecule has 138 valence electrons. The lowest BCUT2D eigenvalue weighted by atomic mass is 9.77. The maximum absolute atomic E-state index is 10.8. The molecule has 7 nitrogen and oxygen atoms in total. The van der Waals surface area contributed by atoms with E-state index in [0.717, 1.165) is 17.5 Å². The topological polar surface area (TPSA) is 97.2 Å². The zero-order chi connectivity index (χ0) is 18.8. The van der Waals surface area contributed by atoms with Gasteiger partial charge in [0.15, 0.2) is 5.65 Å². The minimum Gasteiger partial charge on any atom is -0.506 e. The van der Waals surface area contributed by atoms with Gasteiger partial charge in [-0.15, -0.1) is 10.2 Å². The minimum absolute atomic E-state index is 0.154. The van der Waals surface area contributed by atoms with Gasteiger partial charge in [0.25, 0.3) is 0 Å². The van der Waals surface area contributed by atoms with Crippen LogP contribution in [-0.4, -0.2) is 35.6 Å². The van der Waals surface area contributed by atoms with Gasteiger partial charge in [0.1, 0.15) is 16.8 Å². The first-order valence-electron chi connectivity index (χ1n) is 9.12. The Morgan fingerprint density at radius 1 is 1.30 bits per heavy atom. The number of rotatable bonds is 3. The molecule has 0 spiro atoms. The summed E-state index contributed by atoms with van der Waals surface area (Å²) in [6, 6.07) is 5.73. The van der Waals surface area contributed by atoms with Crippen LogP contribution in [0.3, 0.4) is 0 Å². The van der Waals surface area contributed by atoms with Crippen molar-refractivity contribution in [2.24, 2.45) is 0 Å². The molecule has 1 aliphatic carbocycles. The van der Waals surface area contributed by atoms with Crippen LogP contribution in [0.5, 0.6) is 5.75 Å². The molecule has 1 fully saturated rings. The number of nitrogens with zero attached hydrogens (tertiary/aromatic N) is 4. The van der Waals surface area contributed by atoms with E-state index < -0.39 is 5.60 Å². The number of aliphatic hydroxyl groups is 1. The first-order chi connectivity index (χ1) is 13.0. The van der Waals surface area contributed by atoms with Crippen molar-refractivity contribution in [1.82, 2.24) is 19.7 Å². The Kier molecular flexibility index (Phi) is 3.33. The molecule has 1 saturated carbocycles. The lowest BCUT2D eigenvalue weighted by Gasteiger charge is -2.41. The highest BCUT2D eigenvalue weighted by atomic mass is 16.3. The van der Waals surface area contributed by atoms with E-state index >= 15 is 0 Å². The van der Waals surface area contributed by atoms with Gasteiger partial charge >= 0.3 is 0 Å². The highest BCUT2D eigenvalue weighted by Gasteiger charge is 2.40. The Labute approximate surface area is 155 Å². The second kappa shape index (κ2) is 5.53. The predicted octanol–water partition coefficient (Wildman–Crippen LogP) is 3.59. The molecule has 0 saturated heterocycles. The normalized spacial score (nSPS) is 22.4. The average molecular weight is 364 g/mol. The molecule has 7 heteroatoms. The van der Waals surface area contributed by atoms with Crippen molar-refractivity contribution in [2.45, 2.75) is 44.8 Å². The molecule has 3 aromatic heterocycles. The molecule has 0 radical (unpaired) electrons. The largest absolute Gasteiger partial charge is 0.506 e. The number of hydrogen-bond donors (Lipinski definition) is 2. The zero-order valence-electron chi connectivity index (χ0n) is 15.2. The highest BCUT2D eigenvalue weighted by Crippen LogP contribution is 2.43. The van der Waals surface area contributed by atoms with E-state index in [-0.39, 0.29) is 11.8 Å². The highest BCUT2D eigenvalue weighted by molar-refractivity contribution is 5.94. The summed E-state index contributed by atoms with van der Waals surface area (Å²) in [7, 11) is 0. The number of benzene rings is 1.